The number of rotatable bonds is 8. The number of likely N-dealkylation sites (N-methyl/N-ethyl adjacent to an activating group) is 1. The molecule has 2 rings (SSSR count). The fourth-order valence-corrected chi connectivity index (χ4v) is 3.11. The third-order valence-electron chi connectivity index (χ3n) is 4.52. The summed E-state index contributed by atoms with van der Waals surface area (Å²) in [7, 11) is 4.04. The van der Waals surface area contributed by atoms with Gasteiger partial charge in [-0.25, -0.2) is 0 Å². The first-order valence-corrected chi connectivity index (χ1v) is 8.45. The van der Waals surface area contributed by atoms with Crippen LogP contribution in [-0.2, 0) is 11.3 Å². The molecule has 0 aromatic heterocycles. The van der Waals surface area contributed by atoms with Crippen LogP contribution in [0.5, 0.6) is 5.75 Å². The molecule has 2 atom stereocenters. The van der Waals surface area contributed by atoms with Crippen molar-refractivity contribution in [1.29, 1.82) is 0 Å². The molecule has 1 aromatic carbocycles. The number of para-hydroxylation sites is 1. The van der Waals surface area contributed by atoms with E-state index in [9.17, 15) is 4.79 Å². The number of nitrogens with one attached hydrogen (secondary N) is 1. The minimum atomic E-state index is 0. The van der Waals surface area contributed by atoms with Crippen LogP contribution in [0.3, 0.4) is 0 Å². The van der Waals surface area contributed by atoms with Crippen LogP contribution in [0.1, 0.15) is 24.8 Å². The smallest absolute Gasteiger partial charge is 0.223 e. The van der Waals surface area contributed by atoms with Gasteiger partial charge in [0.15, 0.2) is 0 Å². The molecule has 1 aliphatic rings. The van der Waals surface area contributed by atoms with E-state index < -0.39 is 0 Å². The van der Waals surface area contributed by atoms with Crippen LogP contribution in [0.25, 0.3) is 0 Å². The molecule has 0 aliphatic heterocycles. The highest BCUT2D eigenvalue weighted by molar-refractivity contribution is 5.85. The summed E-state index contributed by atoms with van der Waals surface area (Å²) in [5.41, 5.74) is 6.78. The lowest BCUT2D eigenvalue weighted by molar-refractivity contribution is -0.126. The highest BCUT2D eigenvalue weighted by atomic mass is 35.5. The molecule has 0 spiro atoms. The third kappa shape index (κ3) is 7.40. The minimum Gasteiger partial charge on any atom is -0.492 e. The van der Waals surface area contributed by atoms with E-state index in [0.717, 1.165) is 37.1 Å². The molecule has 7 heteroatoms. The predicted octanol–water partition coefficient (Wildman–Crippen LogP) is 2.46. The maximum atomic E-state index is 12.4. The van der Waals surface area contributed by atoms with Crippen molar-refractivity contribution in [2.45, 2.75) is 25.8 Å². The van der Waals surface area contributed by atoms with Crippen molar-refractivity contribution < 1.29 is 9.53 Å². The quantitative estimate of drug-likeness (QED) is 0.713. The Morgan fingerprint density at radius 2 is 2.00 bits per heavy atom. The van der Waals surface area contributed by atoms with Gasteiger partial charge in [0.1, 0.15) is 12.4 Å². The van der Waals surface area contributed by atoms with Crippen molar-refractivity contribution in [2.24, 2.45) is 17.6 Å². The molecule has 5 nitrogen and oxygen atoms in total. The van der Waals surface area contributed by atoms with E-state index >= 15 is 0 Å². The summed E-state index contributed by atoms with van der Waals surface area (Å²) >= 11 is 0. The highest BCUT2D eigenvalue weighted by Gasteiger charge is 2.31. The van der Waals surface area contributed by atoms with E-state index in [4.69, 9.17) is 10.5 Å². The molecule has 0 unspecified atom stereocenters. The van der Waals surface area contributed by atoms with Crippen molar-refractivity contribution in [3.05, 3.63) is 29.8 Å². The highest BCUT2D eigenvalue weighted by Crippen LogP contribution is 2.31. The molecule has 1 amide bonds. The monoisotopic (exact) mass is 391 g/mol. The minimum absolute atomic E-state index is 0. The van der Waals surface area contributed by atoms with Gasteiger partial charge in [-0.1, -0.05) is 24.6 Å². The fraction of sp³-hybridized carbons (Fsp3) is 0.611. The number of carbonyl (C=O) groups excluding carboxylic acids is 1. The molecular formula is C18H31Cl2N3O2. The molecule has 1 aromatic rings. The van der Waals surface area contributed by atoms with Gasteiger partial charge in [0, 0.05) is 24.6 Å². The molecule has 0 radical (unpaired) electrons. The maximum Gasteiger partial charge on any atom is 0.223 e. The Labute approximate surface area is 163 Å². The van der Waals surface area contributed by atoms with E-state index in [0.29, 0.717) is 25.6 Å². The first kappa shape index (κ1) is 24.0. The first-order valence-electron chi connectivity index (χ1n) is 8.45. The van der Waals surface area contributed by atoms with Crippen LogP contribution in [-0.4, -0.2) is 44.6 Å². The molecule has 144 valence electrons. The van der Waals surface area contributed by atoms with Crippen molar-refractivity contribution in [3.8, 4) is 5.75 Å². The summed E-state index contributed by atoms with van der Waals surface area (Å²) in [6.45, 7) is 2.60. The second-order valence-electron chi connectivity index (χ2n) is 6.51. The summed E-state index contributed by atoms with van der Waals surface area (Å²) in [4.78, 5) is 14.5. The van der Waals surface area contributed by atoms with Crippen LogP contribution >= 0.6 is 24.8 Å². The Morgan fingerprint density at radius 1 is 1.28 bits per heavy atom. The van der Waals surface area contributed by atoms with Crippen molar-refractivity contribution >= 4 is 30.7 Å². The average Bonchev–Trinajstić information content (AvgIpc) is 3.02. The SMILES string of the molecule is CN(C)CCOc1ccccc1CNC(=O)[C@@H]1CCC[C@@H]1CN.Cl.Cl. The topological polar surface area (TPSA) is 67.6 Å². The number of benzene rings is 1. The first-order chi connectivity index (χ1) is 11.1. The largest absolute Gasteiger partial charge is 0.492 e. The van der Waals surface area contributed by atoms with Gasteiger partial charge >= 0.3 is 0 Å². The molecule has 0 bridgehead atoms. The fourth-order valence-electron chi connectivity index (χ4n) is 3.11. The number of carbonyl (C=O) groups is 1. The third-order valence-corrected chi connectivity index (χ3v) is 4.52. The van der Waals surface area contributed by atoms with Crippen LogP contribution < -0.4 is 15.8 Å². The Morgan fingerprint density at radius 3 is 2.68 bits per heavy atom. The van der Waals surface area contributed by atoms with Crippen LogP contribution in [0.15, 0.2) is 24.3 Å². The molecular weight excluding hydrogens is 361 g/mol. The lowest BCUT2D eigenvalue weighted by Gasteiger charge is -2.18. The maximum absolute atomic E-state index is 12.4. The summed E-state index contributed by atoms with van der Waals surface area (Å²) in [6.07, 6.45) is 3.12. The molecule has 0 saturated heterocycles. The van der Waals surface area contributed by atoms with E-state index in [2.05, 4.69) is 10.2 Å². The zero-order valence-corrected chi connectivity index (χ0v) is 16.7. The Kier molecular flexibility index (Phi) is 11.9. The van der Waals surface area contributed by atoms with E-state index in [-0.39, 0.29) is 36.6 Å². The second-order valence-corrected chi connectivity index (χ2v) is 6.51. The number of halogens is 2. The number of amides is 1. The van der Waals surface area contributed by atoms with Crippen molar-refractivity contribution in [3.63, 3.8) is 0 Å². The summed E-state index contributed by atoms with van der Waals surface area (Å²) < 4.78 is 5.84. The van der Waals surface area contributed by atoms with Gasteiger partial charge in [-0.3, -0.25) is 4.79 Å². The normalized spacial score (nSPS) is 19.0. The summed E-state index contributed by atoms with van der Waals surface area (Å²) in [5, 5.41) is 3.06. The Balaban J connectivity index is 0.00000288. The van der Waals surface area contributed by atoms with Crippen molar-refractivity contribution in [1.82, 2.24) is 10.2 Å². The van der Waals surface area contributed by atoms with Crippen molar-refractivity contribution in [2.75, 3.05) is 33.8 Å². The lowest BCUT2D eigenvalue weighted by atomic mass is 9.95. The van der Waals surface area contributed by atoms with Crippen LogP contribution in [0.2, 0.25) is 0 Å². The van der Waals surface area contributed by atoms with Gasteiger partial charge in [-0.05, 0) is 45.5 Å². The van der Waals surface area contributed by atoms with Gasteiger partial charge < -0.3 is 20.7 Å². The summed E-state index contributed by atoms with van der Waals surface area (Å²) in [6, 6.07) is 7.88. The molecule has 25 heavy (non-hydrogen) atoms. The van der Waals surface area contributed by atoms with Gasteiger partial charge in [0.2, 0.25) is 5.91 Å². The molecule has 1 saturated carbocycles. The molecule has 1 fully saturated rings. The molecule has 3 N–H and O–H groups in total. The van der Waals surface area contributed by atoms with Crippen LogP contribution in [0.4, 0.5) is 0 Å². The van der Waals surface area contributed by atoms with E-state index in [1.54, 1.807) is 0 Å². The molecule has 1 aliphatic carbocycles. The number of hydrogen-bond donors (Lipinski definition) is 2. The van der Waals surface area contributed by atoms with Gasteiger partial charge in [-0.15, -0.1) is 24.8 Å². The Bertz CT molecular complexity index is 515. The number of nitrogens with zero attached hydrogens (tertiary/aromatic N) is 1. The lowest BCUT2D eigenvalue weighted by Crippen LogP contribution is -2.34. The number of ether oxygens (including phenoxy) is 1. The average molecular weight is 392 g/mol. The number of hydrogen-bond acceptors (Lipinski definition) is 4. The predicted molar refractivity (Wildman–Crippen MR) is 107 cm³/mol. The van der Waals surface area contributed by atoms with Gasteiger partial charge in [0.25, 0.3) is 0 Å². The number of nitrogens with two attached hydrogens (primary N) is 1. The second kappa shape index (κ2) is 12.4. The zero-order valence-electron chi connectivity index (χ0n) is 15.1. The Hall–Kier alpha value is -1.01. The zero-order chi connectivity index (χ0) is 16.7. The van der Waals surface area contributed by atoms with E-state index in [1.807, 2.05) is 38.4 Å². The van der Waals surface area contributed by atoms with Crippen LogP contribution in [0, 0.1) is 11.8 Å². The molecule has 0 heterocycles. The van der Waals surface area contributed by atoms with Gasteiger partial charge in [0.05, 0.1) is 0 Å². The summed E-state index contributed by atoms with van der Waals surface area (Å²) in [5.74, 6) is 1.38. The van der Waals surface area contributed by atoms with Gasteiger partial charge in [-0.2, -0.15) is 0 Å². The standard InChI is InChI=1S/C18H29N3O2.2ClH/c1-21(2)10-11-23-17-9-4-3-6-15(17)13-20-18(22)16-8-5-7-14(16)12-19;;/h3-4,6,9,14,16H,5,7-8,10-13,19H2,1-2H3,(H,20,22);2*1H/t14-,16-;;/m1../s1. The van der Waals surface area contributed by atoms with E-state index in [1.165, 1.54) is 0 Å².